The fourth-order valence-corrected chi connectivity index (χ4v) is 3.18. The zero-order valence-corrected chi connectivity index (χ0v) is 14.2. The van der Waals surface area contributed by atoms with Crippen LogP contribution in [0.3, 0.4) is 0 Å². The van der Waals surface area contributed by atoms with Crippen molar-refractivity contribution in [2.75, 3.05) is 13.6 Å². The highest BCUT2D eigenvalue weighted by atomic mass is 35.5. The molecule has 3 rings (SSSR count). The largest absolute Gasteiger partial charge is 0.487 e. The van der Waals surface area contributed by atoms with Gasteiger partial charge in [0.25, 0.3) is 0 Å². The van der Waals surface area contributed by atoms with Crippen LogP contribution in [0.2, 0.25) is 10.0 Å². The number of nitrogens with zero attached hydrogens (tertiary/aromatic N) is 1. The van der Waals surface area contributed by atoms with E-state index in [4.69, 9.17) is 33.0 Å². The Morgan fingerprint density at radius 2 is 2.08 bits per heavy atom. The Kier molecular flexibility index (Phi) is 4.56. The third kappa shape index (κ3) is 3.28. The lowest BCUT2D eigenvalue weighted by atomic mass is 10.00. The normalized spacial score (nSPS) is 15.8. The molecule has 0 aliphatic carbocycles. The van der Waals surface area contributed by atoms with Crippen molar-refractivity contribution >= 4 is 29.3 Å². The summed E-state index contributed by atoms with van der Waals surface area (Å²) in [7, 11) is 1.46. The van der Waals surface area contributed by atoms with E-state index in [1.54, 1.807) is 18.2 Å². The molecule has 4 nitrogen and oxygen atoms in total. The molecule has 1 amide bonds. The molecule has 0 fully saturated rings. The van der Waals surface area contributed by atoms with Crippen LogP contribution < -0.4 is 4.74 Å². The molecule has 0 saturated carbocycles. The summed E-state index contributed by atoms with van der Waals surface area (Å²) in [5, 5.41) is 9.89. The molecule has 24 heavy (non-hydrogen) atoms. The van der Waals surface area contributed by atoms with E-state index < -0.39 is 11.9 Å². The van der Waals surface area contributed by atoms with Gasteiger partial charge < -0.3 is 14.7 Å². The van der Waals surface area contributed by atoms with Crippen LogP contribution in [0.4, 0.5) is 9.18 Å². The summed E-state index contributed by atoms with van der Waals surface area (Å²) in [6.07, 6.45) is -0.992. The second-order valence-electron chi connectivity index (χ2n) is 5.67. The Labute approximate surface area is 148 Å². The second-order valence-corrected chi connectivity index (χ2v) is 6.52. The minimum Gasteiger partial charge on any atom is -0.487 e. The van der Waals surface area contributed by atoms with Crippen LogP contribution in [0, 0.1) is 5.82 Å². The molecule has 1 aliphatic heterocycles. The molecule has 0 spiro atoms. The summed E-state index contributed by atoms with van der Waals surface area (Å²) in [6.45, 7) is 0.189. The number of amides is 1. The standard InChI is InChI=1S/C17H14Cl2FNO3/c1-21(17(22)23)8-12-5-9-4-11(20)7-14(16(9)24-12)13-6-10(18)2-3-15(13)19/h2-4,6-7,12H,5,8H2,1H3,(H,22,23). The van der Waals surface area contributed by atoms with E-state index in [0.29, 0.717) is 38.9 Å². The number of fused-ring (bicyclic) bond motifs is 1. The van der Waals surface area contributed by atoms with E-state index in [0.717, 1.165) is 4.90 Å². The summed E-state index contributed by atoms with van der Waals surface area (Å²) in [4.78, 5) is 12.1. The number of ether oxygens (including phenoxy) is 1. The topological polar surface area (TPSA) is 49.8 Å². The molecule has 2 aromatic carbocycles. The Balaban J connectivity index is 1.98. The van der Waals surface area contributed by atoms with Crippen molar-refractivity contribution in [2.24, 2.45) is 0 Å². The molecule has 0 radical (unpaired) electrons. The summed E-state index contributed by atoms with van der Waals surface area (Å²) < 4.78 is 19.9. The van der Waals surface area contributed by atoms with Gasteiger partial charge in [-0.05, 0) is 30.3 Å². The van der Waals surface area contributed by atoms with Gasteiger partial charge in [-0.1, -0.05) is 23.2 Å². The van der Waals surface area contributed by atoms with Crippen molar-refractivity contribution in [3.63, 3.8) is 0 Å². The van der Waals surface area contributed by atoms with Crippen molar-refractivity contribution in [3.05, 3.63) is 51.8 Å². The van der Waals surface area contributed by atoms with Gasteiger partial charge >= 0.3 is 6.09 Å². The fraction of sp³-hybridized carbons (Fsp3) is 0.235. The predicted molar refractivity (Wildman–Crippen MR) is 90.6 cm³/mol. The molecule has 1 N–H and O–H groups in total. The van der Waals surface area contributed by atoms with Gasteiger partial charge in [0.1, 0.15) is 17.7 Å². The van der Waals surface area contributed by atoms with Crippen molar-refractivity contribution in [3.8, 4) is 16.9 Å². The first-order chi connectivity index (χ1) is 11.3. The highest BCUT2D eigenvalue weighted by Gasteiger charge is 2.29. The number of carbonyl (C=O) groups is 1. The number of halogens is 3. The maximum atomic E-state index is 14.0. The maximum absolute atomic E-state index is 14.0. The summed E-state index contributed by atoms with van der Waals surface area (Å²) in [6, 6.07) is 7.69. The lowest BCUT2D eigenvalue weighted by molar-refractivity contribution is 0.129. The summed E-state index contributed by atoms with van der Waals surface area (Å²) >= 11 is 12.2. The molecule has 7 heteroatoms. The number of hydrogen-bond acceptors (Lipinski definition) is 2. The summed E-state index contributed by atoms with van der Waals surface area (Å²) in [5.74, 6) is 0.111. The SMILES string of the molecule is CN(CC1Cc2cc(F)cc(-c3cc(Cl)ccc3Cl)c2O1)C(=O)O. The first-order valence-corrected chi connectivity index (χ1v) is 7.99. The number of likely N-dealkylation sites (N-methyl/N-ethyl adjacent to an activating group) is 1. The molecule has 0 bridgehead atoms. The lowest BCUT2D eigenvalue weighted by Gasteiger charge is -2.18. The molecule has 2 aromatic rings. The van der Waals surface area contributed by atoms with Crippen LogP contribution in [0.15, 0.2) is 30.3 Å². The van der Waals surface area contributed by atoms with Crippen LogP contribution >= 0.6 is 23.2 Å². The van der Waals surface area contributed by atoms with E-state index in [2.05, 4.69) is 0 Å². The fourth-order valence-electron chi connectivity index (χ4n) is 2.78. The minimum absolute atomic E-state index is 0.189. The first-order valence-electron chi connectivity index (χ1n) is 7.23. The predicted octanol–water partition coefficient (Wildman–Crippen LogP) is 4.71. The molecule has 0 aromatic heterocycles. The third-order valence-corrected chi connectivity index (χ3v) is 4.45. The maximum Gasteiger partial charge on any atom is 0.407 e. The van der Waals surface area contributed by atoms with E-state index in [1.807, 2.05) is 0 Å². The molecule has 1 atom stereocenters. The molecule has 126 valence electrons. The quantitative estimate of drug-likeness (QED) is 0.851. The van der Waals surface area contributed by atoms with E-state index >= 15 is 0 Å². The Hall–Kier alpha value is -1.98. The van der Waals surface area contributed by atoms with Gasteiger partial charge in [0.15, 0.2) is 0 Å². The molecule has 1 heterocycles. The molecular formula is C17H14Cl2FNO3. The van der Waals surface area contributed by atoms with Crippen LogP contribution in [-0.2, 0) is 6.42 Å². The van der Waals surface area contributed by atoms with Crippen molar-refractivity contribution in [1.82, 2.24) is 4.90 Å². The molecular weight excluding hydrogens is 356 g/mol. The van der Waals surface area contributed by atoms with Crippen molar-refractivity contribution < 1.29 is 19.0 Å². The van der Waals surface area contributed by atoms with Gasteiger partial charge in [-0.3, -0.25) is 0 Å². The smallest absolute Gasteiger partial charge is 0.407 e. The van der Waals surface area contributed by atoms with Crippen molar-refractivity contribution in [2.45, 2.75) is 12.5 Å². The van der Waals surface area contributed by atoms with Crippen LogP contribution in [0.25, 0.3) is 11.1 Å². The Bertz CT molecular complexity index is 813. The average Bonchev–Trinajstić information content (AvgIpc) is 2.90. The second kappa shape index (κ2) is 6.49. The highest BCUT2D eigenvalue weighted by Crippen LogP contribution is 2.42. The number of benzene rings is 2. The number of hydrogen-bond donors (Lipinski definition) is 1. The Morgan fingerprint density at radius 3 is 2.79 bits per heavy atom. The minimum atomic E-state index is -1.04. The van der Waals surface area contributed by atoms with Gasteiger partial charge in [-0.25, -0.2) is 9.18 Å². The molecule has 1 aliphatic rings. The van der Waals surface area contributed by atoms with E-state index in [1.165, 1.54) is 19.2 Å². The van der Waals surface area contributed by atoms with Crippen LogP contribution in [-0.4, -0.2) is 35.8 Å². The van der Waals surface area contributed by atoms with Gasteiger partial charge in [0, 0.05) is 40.2 Å². The highest BCUT2D eigenvalue weighted by molar-refractivity contribution is 6.35. The first kappa shape index (κ1) is 16.9. The zero-order chi connectivity index (χ0) is 17.4. The third-order valence-electron chi connectivity index (χ3n) is 3.89. The van der Waals surface area contributed by atoms with Crippen LogP contribution in [0.5, 0.6) is 5.75 Å². The zero-order valence-electron chi connectivity index (χ0n) is 12.7. The van der Waals surface area contributed by atoms with E-state index in [-0.39, 0.29) is 12.6 Å². The van der Waals surface area contributed by atoms with Gasteiger partial charge in [-0.2, -0.15) is 0 Å². The van der Waals surface area contributed by atoms with Gasteiger partial charge in [0.2, 0.25) is 0 Å². The van der Waals surface area contributed by atoms with E-state index in [9.17, 15) is 9.18 Å². The van der Waals surface area contributed by atoms with Gasteiger partial charge in [0.05, 0.1) is 6.54 Å². The molecule has 0 saturated heterocycles. The van der Waals surface area contributed by atoms with Crippen LogP contribution in [0.1, 0.15) is 5.56 Å². The summed E-state index contributed by atoms with van der Waals surface area (Å²) in [5.41, 5.74) is 1.77. The lowest BCUT2D eigenvalue weighted by Crippen LogP contribution is -2.35. The molecule has 1 unspecified atom stereocenters. The Morgan fingerprint density at radius 1 is 1.33 bits per heavy atom. The number of carboxylic acid groups (broad SMARTS) is 1. The van der Waals surface area contributed by atoms with Crippen molar-refractivity contribution in [1.29, 1.82) is 0 Å². The average molecular weight is 370 g/mol. The monoisotopic (exact) mass is 369 g/mol. The van der Waals surface area contributed by atoms with Gasteiger partial charge in [-0.15, -0.1) is 0 Å². The number of rotatable bonds is 3.